The van der Waals surface area contributed by atoms with Crippen molar-refractivity contribution in [1.82, 2.24) is 10.2 Å². The van der Waals surface area contributed by atoms with E-state index in [4.69, 9.17) is 0 Å². The average molecular weight is 286 g/mol. The van der Waals surface area contributed by atoms with Crippen LogP contribution < -0.4 is 5.32 Å². The number of amides is 2. The second-order valence-electron chi connectivity index (χ2n) is 6.45. The predicted molar refractivity (Wildman–Crippen MR) is 80.7 cm³/mol. The van der Waals surface area contributed by atoms with Crippen molar-refractivity contribution in [3.05, 3.63) is 0 Å². The third-order valence-electron chi connectivity index (χ3n) is 3.96. The second-order valence-corrected chi connectivity index (χ2v) is 6.45. The van der Waals surface area contributed by atoms with Gasteiger partial charge < -0.3 is 15.3 Å². The molecule has 0 aromatic heterocycles. The Labute approximate surface area is 122 Å². The number of likely N-dealkylation sites (N-methyl/N-ethyl adjacent to an activating group) is 1. The smallest absolute Gasteiger partial charge is 0.329 e. The van der Waals surface area contributed by atoms with E-state index in [1.807, 2.05) is 0 Å². The lowest BCUT2D eigenvalue weighted by Crippen LogP contribution is -2.56. The summed E-state index contributed by atoms with van der Waals surface area (Å²) in [5.74, 6) is 0.320. The molecule has 2 N–H and O–H groups in total. The van der Waals surface area contributed by atoms with Gasteiger partial charge in [0.05, 0.1) is 0 Å². The molecule has 5 nitrogen and oxygen atoms in total. The Balaban J connectivity index is 4.77. The van der Waals surface area contributed by atoms with E-state index >= 15 is 0 Å². The van der Waals surface area contributed by atoms with Crippen LogP contribution in [0.25, 0.3) is 0 Å². The topological polar surface area (TPSA) is 69.6 Å². The standard InChI is InChI=1S/C15H30N2O3/c1-8-17(15(6,7)13(18)19)14(20)16-9-12(10(2)3)11(4)5/h10-12H,8-9H2,1-7H3,(H,16,20)(H,18,19). The molecule has 0 saturated carbocycles. The van der Waals surface area contributed by atoms with E-state index in [0.717, 1.165) is 0 Å². The van der Waals surface area contributed by atoms with Gasteiger partial charge in [-0.05, 0) is 38.5 Å². The molecular weight excluding hydrogens is 256 g/mol. The Hall–Kier alpha value is -1.26. The van der Waals surface area contributed by atoms with Crippen molar-refractivity contribution in [2.45, 2.75) is 54.0 Å². The molecule has 0 aromatic carbocycles. The number of hydrogen-bond acceptors (Lipinski definition) is 2. The Morgan fingerprint density at radius 1 is 1.15 bits per heavy atom. The number of nitrogens with one attached hydrogen (secondary N) is 1. The third-order valence-corrected chi connectivity index (χ3v) is 3.96. The highest BCUT2D eigenvalue weighted by atomic mass is 16.4. The molecule has 0 rings (SSSR count). The number of carboxylic acid groups (broad SMARTS) is 1. The highest BCUT2D eigenvalue weighted by Gasteiger charge is 2.37. The number of urea groups is 1. The van der Waals surface area contributed by atoms with Gasteiger partial charge in [-0.2, -0.15) is 0 Å². The van der Waals surface area contributed by atoms with Crippen molar-refractivity contribution in [2.75, 3.05) is 13.1 Å². The maximum Gasteiger partial charge on any atom is 0.329 e. The fourth-order valence-corrected chi connectivity index (χ4v) is 2.45. The summed E-state index contributed by atoms with van der Waals surface area (Å²) in [6.07, 6.45) is 0. The first-order valence-electron chi connectivity index (χ1n) is 7.34. The first-order valence-corrected chi connectivity index (χ1v) is 7.34. The first-order chi connectivity index (χ1) is 9.05. The fourth-order valence-electron chi connectivity index (χ4n) is 2.45. The Kier molecular flexibility index (Phi) is 7.03. The molecule has 0 heterocycles. The van der Waals surface area contributed by atoms with E-state index in [2.05, 4.69) is 33.0 Å². The van der Waals surface area contributed by atoms with Gasteiger partial charge in [-0.25, -0.2) is 9.59 Å². The Bertz CT molecular complexity index is 330. The lowest BCUT2D eigenvalue weighted by Gasteiger charge is -2.35. The van der Waals surface area contributed by atoms with Crippen LogP contribution in [0, 0.1) is 17.8 Å². The molecule has 0 fully saturated rings. The van der Waals surface area contributed by atoms with Crippen molar-refractivity contribution in [3.63, 3.8) is 0 Å². The predicted octanol–water partition coefficient (Wildman–Crippen LogP) is 2.81. The molecule has 0 atom stereocenters. The number of aliphatic carboxylic acids is 1. The van der Waals surface area contributed by atoms with Gasteiger partial charge in [-0.3, -0.25) is 0 Å². The van der Waals surface area contributed by atoms with Crippen molar-refractivity contribution in [1.29, 1.82) is 0 Å². The molecule has 0 saturated heterocycles. The summed E-state index contributed by atoms with van der Waals surface area (Å²) >= 11 is 0. The van der Waals surface area contributed by atoms with Crippen molar-refractivity contribution in [3.8, 4) is 0 Å². The minimum absolute atomic E-state index is 0.314. The molecular formula is C15H30N2O3. The van der Waals surface area contributed by atoms with Crippen LogP contribution in [0.1, 0.15) is 48.5 Å². The Morgan fingerprint density at radius 2 is 1.60 bits per heavy atom. The zero-order valence-corrected chi connectivity index (χ0v) is 13.9. The quantitative estimate of drug-likeness (QED) is 0.756. The molecule has 0 radical (unpaired) electrons. The Morgan fingerprint density at radius 3 is 1.90 bits per heavy atom. The van der Waals surface area contributed by atoms with Gasteiger partial charge in [0.2, 0.25) is 0 Å². The number of carbonyl (C=O) groups is 2. The van der Waals surface area contributed by atoms with Gasteiger partial charge in [0.1, 0.15) is 5.54 Å². The van der Waals surface area contributed by atoms with Gasteiger partial charge in [0.15, 0.2) is 0 Å². The molecule has 0 unspecified atom stereocenters. The van der Waals surface area contributed by atoms with Crippen LogP contribution in [0.2, 0.25) is 0 Å². The summed E-state index contributed by atoms with van der Waals surface area (Å²) in [7, 11) is 0. The average Bonchev–Trinajstić information content (AvgIpc) is 2.28. The van der Waals surface area contributed by atoms with E-state index in [1.54, 1.807) is 20.8 Å². The molecule has 0 spiro atoms. The number of hydrogen-bond donors (Lipinski definition) is 2. The molecule has 2 amide bonds. The van der Waals surface area contributed by atoms with Gasteiger partial charge in [0, 0.05) is 13.1 Å². The van der Waals surface area contributed by atoms with E-state index in [1.165, 1.54) is 4.90 Å². The van der Waals surface area contributed by atoms with Gasteiger partial charge in [-0.1, -0.05) is 27.7 Å². The molecule has 0 aliphatic heterocycles. The molecule has 0 aliphatic carbocycles. The summed E-state index contributed by atoms with van der Waals surface area (Å²) < 4.78 is 0. The van der Waals surface area contributed by atoms with E-state index in [-0.39, 0.29) is 6.03 Å². The monoisotopic (exact) mass is 286 g/mol. The molecule has 5 heteroatoms. The molecule has 118 valence electrons. The second kappa shape index (κ2) is 7.50. The number of carboxylic acids is 1. The van der Waals surface area contributed by atoms with Crippen LogP contribution in [0.4, 0.5) is 4.79 Å². The molecule has 0 bridgehead atoms. The number of nitrogens with zero attached hydrogens (tertiary/aromatic N) is 1. The SMILES string of the molecule is CCN(C(=O)NCC(C(C)C)C(C)C)C(C)(C)C(=O)O. The van der Waals surface area contributed by atoms with Gasteiger partial charge >= 0.3 is 12.0 Å². The lowest BCUT2D eigenvalue weighted by molar-refractivity contribution is -0.147. The zero-order chi connectivity index (χ0) is 16.1. The van der Waals surface area contributed by atoms with Crippen LogP contribution in [0.15, 0.2) is 0 Å². The minimum Gasteiger partial charge on any atom is -0.480 e. The van der Waals surface area contributed by atoms with Gasteiger partial charge in [0.25, 0.3) is 0 Å². The van der Waals surface area contributed by atoms with Crippen molar-refractivity contribution >= 4 is 12.0 Å². The summed E-state index contributed by atoms with van der Waals surface area (Å²) in [6.45, 7) is 14.3. The summed E-state index contributed by atoms with van der Waals surface area (Å²) in [5, 5.41) is 12.1. The first kappa shape index (κ1) is 18.7. The van der Waals surface area contributed by atoms with Crippen LogP contribution in [0.3, 0.4) is 0 Å². The number of rotatable bonds is 7. The molecule has 0 aliphatic rings. The van der Waals surface area contributed by atoms with Crippen LogP contribution >= 0.6 is 0 Å². The highest BCUT2D eigenvalue weighted by molar-refractivity contribution is 5.85. The molecule has 20 heavy (non-hydrogen) atoms. The summed E-state index contributed by atoms with van der Waals surface area (Å²) in [6, 6.07) is -0.314. The summed E-state index contributed by atoms with van der Waals surface area (Å²) in [5.41, 5.74) is -1.20. The maximum atomic E-state index is 12.2. The van der Waals surface area contributed by atoms with Crippen LogP contribution in [0.5, 0.6) is 0 Å². The van der Waals surface area contributed by atoms with Crippen LogP contribution in [-0.4, -0.2) is 40.6 Å². The summed E-state index contributed by atoms with van der Waals surface area (Å²) in [4.78, 5) is 24.8. The minimum atomic E-state index is -1.20. The third kappa shape index (κ3) is 4.69. The lowest BCUT2D eigenvalue weighted by atomic mass is 9.85. The van der Waals surface area contributed by atoms with E-state index in [0.29, 0.717) is 30.8 Å². The van der Waals surface area contributed by atoms with Crippen LogP contribution in [-0.2, 0) is 4.79 Å². The zero-order valence-electron chi connectivity index (χ0n) is 13.9. The van der Waals surface area contributed by atoms with E-state index in [9.17, 15) is 14.7 Å². The normalized spacial score (nSPS) is 12.1. The number of carbonyl (C=O) groups excluding carboxylic acids is 1. The van der Waals surface area contributed by atoms with Crippen molar-refractivity contribution in [2.24, 2.45) is 17.8 Å². The highest BCUT2D eigenvalue weighted by Crippen LogP contribution is 2.20. The van der Waals surface area contributed by atoms with E-state index < -0.39 is 11.5 Å². The van der Waals surface area contributed by atoms with Gasteiger partial charge in [-0.15, -0.1) is 0 Å². The molecule has 0 aromatic rings. The largest absolute Gasteiger partial charge is 0.480 e. The fraction of sp³-hybridized carbons (Fsp3) is 0.867. The maximum absolute atomic E-state index is 12.2. The van der Waals surface area contributed by atoms with Crippen molar-refractivity contribution < 1.29 is 14.7 Å².